The number of esters is 1. The van der Waals surface area contributed by atoms with Crippen LogP contribution in [0.4, 0.5) is 4.79 Å². The largest absolute Gasteiger partial charge is 0.490 e. The topological polar surface area (TPSA) is 149 Å². The highest BCUT2D eigenvalue weighted by atomic mass is 127. The first-order valence-corrected chi connectivity index (χ1v) is 14.2. The summed E-state index contributed by atoms with van der Waals surface area (Å²) in [4.78, 5) is 24.6. The van der Waals surface area contributed by atoms with Gasteiger partial charge in [0.1, 0.15) is 13.2 Å². The predicted octanol–water partition coefficient (Wildman–Crippen LogP) is 3.78. The van der Waals surface area contributed by atoms with Crippen LogP contribution in [-0.2, 0) is 9.53 Å². The minimum Gasteiger partial charge on any atom is -0.490 e. The molecule has 12 nitrogen and oxygen atoms in total. The number of aliphatic hydroxyl groups excluding tert-OH is 1. The number of amides is 2. The zero-order chi connectivity index (χ0) is 30.6. The van der Waals surface area contributed by atoms with Gasteiger partial charge < -0.3 is 39.4 Å². The van der Waals surface area contributed by atoms with Crippen LogP contribution in [0.5, 0.6) is 23.0 Å². The number of ether oxygens (including phenoxy) is 5. The van der Waals surface area contributed by atoms with Crippen LogP contribution in [-0.4, -0.2) is 63.1 Å². The van der Waals surface area contributed by atoms with E-state index in [0.29, 0.717) is 54.1 Å². The number of hydrazone groups is 1. The van der Waals surface area contributed by atoms with E-state index in [1.54, 1.807) is 43.5 Å². The Kier molecular flexibility index (Phi) is 12.3. The highest BCUT2D eigenvalue weighted by Crippen LogP contribution is 2.35. The maximum absolute atomic E-state index is 12.4. The van der Waals surface area contributed by atoms with E-state index in [1.165, 1.54) is 7.11 Å². The van der Waals surface area contributed by atoms with E-state index >= 15 is 0 Å². The van der Waals surface area contributed by atoms with Crippen LogP contribution in [0.15, 0.2) is 59.4 Å². The summed E-state index contributed by atoms with van der Waals surface area (Å²) >= 11 is 2.16. The number of benzene rings is 2. The van der Waals surface area contributed by atoms with E-state index in [0.717, 1.165) is 9.13 Å². The van der Waals surface area contributed by atoms with Crippen LogP contribution >= 0.6 is 22.6 Å². The van der Waals surface area contributed by atoms with E-state index in [1.807, 2.05) is 19.9 Å². The van der Waals surface area contributed by atoms with Crippen LogP contribution in [0.2, 0.25) is 0 Å². The van der Waals surface area contributed by atoms with Crippen molar-refractivity contribution in [3.8, 4) is 23.0 Å². The van der Waals surface area contributed by atoms with E-state index in [9.17, 15) is 14.7 Å². The molecule has 13 heteroatoms. The highest BCUT2D eigenvalue weighted by Gasteiger charge is 2.32. The number of allylic oxidation sites excluding steroid dienone is 1. The van der Waals surface area contributed by atoms with Gasteiger partial charge in [0.15, 0.2) is 29.2 Å². The van der Waals surface area contributed by atoms with E-state index in [4.69, 9.17) is 23.7 Å². The first kappa shape index (κ1) is 32.5. The lowest BCUT2D eigenvalue weighted by atomic mass is 9.95. The first-order chi connectivity index (χ1) is 20.2. The lowest BCUT2D eigenvalue weighted by molar-refractivity contribution is -0.136. The fraction of sp³-hybridized carbons (Fsp3) is 0.345. The minimum absolute atomic E-state index is 0.149. The second-order valence-corrected chi connectivity index (χ2v) is 9.94. The molecule has 226 valence electrons. The van der Waals surface area contributed by atoms with Crippen molar-refractivity contribution in [2.45, 2.75) is 33.0 Å². The van der Waals surface area contributed by atoms with Crippen LogP contribution in [0.1, 0.15) is 37.9 Å². The van der Waals surface area contributed by atoms with Gasteiger partial charge in [-0.1, -0.05) is 18.7 Å². The quantitative estimate of drug-likeness (QED) is 0.0546. The Hall–Kier alpha value is -3.98. The minimum atomic E-state index is -1.14. The van der Waals surface area contributed by atoms with Gasteiger partial charge in [-0.15, -0.1) is 0 Å². The molecular formula is C29H35IN4O8. The van der Waals surface area contributed by atoms with Gasteiger partial charge in [-0.05, 0) is 78.8 Å². The predicted molar refractivity (Wildman–Crippen MR) is 165 cm³/mol. The van der Waals surface area contributed by atoms with Crippen molar-refractivity contribution >= 4 is 40.8 Å². The van der Waals surface area contributed by atoms with Gasteiger partial charge >= 0.3 is 12.0 Å². The molecule has 2 aromatic rings. The van der Waals surface area contributed by atoms with Crippen LogP contribution in [0.3, 0.4) is 0 Å². The first-order valence-electron chi connectivity index (χ1n) is 13.1. The molecule has 0 radical (unpaired) electrons. The van der Waals surface area contributed by atoms with Crippen molar-refractivity contribution in [3.63, 3.8) is 0 Å². The Labute approximate surface area is 258 Å². The van der Waals surface area contributed by atoms with Crippen LogP contribution < -0.4 is 35.0 Å². The van der Waals surface area contributed by atoms with Gasteiger partial charge in [-0.3, -0.25) is 5.43 Å². The number of hydrogen-bond acceptors (Lipinski definition) is 10. The summed E-state index contributed by atoms with van der Waals surface area (Å²) in [6.07, 6.45) is 2.07. The zero-order valence-electron chi connectivity index (χ0n) is 23.9. The van der Waals surface area contributed by atoms with Crippen molar-refractivity contribution < 1.29 is 38.4 Å². The Morgan fingerprint density at radius 1 is 1.14 bits per heavy atom. The average Bonchev–Trinajstić information content (AvgIpc) is 2.95. The number of methoxy groups -OCH3 is 1. The number of aliphatic hydroxyl groups is 1. The Morgan fingerprint density at radius 2 is 1.88 bits per heavy atom. The number of nitrogens with zero attached hydrogens (tertiary/aromatic N) is 1. The van der Waals surface area contributed by atoms with Crippen molar-refractivity contribution in [2.24, 2.45) is 5.10 Å². The fourth-order valence-electron chi connectivity index (χ4n) is 4.03. The van der Waals surface area contributed by atoms with Crippen molar-refractivity contribution in [1.29, 1.82) is 0 Å². The average molecular weight is 695 g/mol. The summed E-state index contributed by atoms with van der Waals surface area (Å²) in [5, 5.41) is 19.9. The monoisotopic (exact) mass is 694 g/mol. The molecule has 0 aromatic heterocycles. The van der Waals surface area contributed by atoms with Crippen LogP contribution in [0.25, 0.3) is 0 Å². The molecular weight excluding hydrogens is 659 g/mol. The molecule has 42 heavy (non-hydrogen) atoms. The lowest BCUT2D eigenvalue weighted by Crippen LogP contribution is -2.45. The summed E-state index contributed by atoms with van der Waals surface area (Å²) in [6.45, 7) is 10.0. The van der Waals surface area contributed by atoms with Crippen LogP contribution in [0, 0.1) is 3.57 Å². The second kappa shape index (κ2) is 15.9. The molecule has 0 bridgehead atoms. The maximum Gasteiger partial charge on any atom is 0.337 e. The smallest absolute Gasteiger partial charge is 0.337 e. The van der Waals surface area contributed by atoms with E-state index < -0.39 is 24.3 Å². The number of hydrogen-bond donors (Lipinski definition) is 4. The van der Waals surface area contributed by atoms with Gasteiger partial charge in [0.25, 0.3) is 0 Å². The molecule has 2 aromatic carbocycles. The third kappa shape index (κ3) is 8.52. The number of urea groups is 1. The lowest BCUT2D eigenvalue weighted by Gasteiger charge is -2.28. The Bertz CT molecular complexity index is 1350. The summed E-state index contributed by atoms with van der Waals surface area (Å²) in [6, 6.07) is 7.47. The van der Waals surface area contributed by atoms with E-state index in [2.05, 4.69) is 50.3 Å². The highest BCUT2D eigenvalue weighted by molar-refractivity contribution is 14.1. The molecule has 0 unspecified atom stereocenters. The number of rotatable bonds is 15. The number of carbonyl (C=O) groups excluding carboxylic acids is 2. The van der Waals surface area contributed by atoms with Crippen molar-refractivity contribution in [2.75, 3.05) is 33.5 Å². The molecule has 1 heterocycles. The second-order valence-electron chi connectivity index (χ2n) is 8.78. The van der Waals surface area contributed by atoms with Crippen molar-refractivity contribution in [3.05, 3.63) is 69.0 Å². The molecule has 0 saturated heterocycles. The molecule has 4 N–H and O–H groups in total. The summed E-state index contributed by atoms with van der Waals surface area (Å²) in [7, 11) is 1.27. The van der Waals surface area contributed by atoms with Crippen molar-refractivity contribution in [1.82, 2.24) is 16.1 Å². The van der Waals surface area contributed by atoms with E-state index in [-0.39, 0.29) is 12.2 Å². The molecule has 0 fully saturated rings. The number of nitrogens with one attached hydrogen (secondary N) is 3. The van der Waals surface area contributed by atoms with Gasteiger partial charge in [0.05, 0.1) is 41.7 Å². The third-order valence-corrected chi connectivity index (χ3v) is 6.59. The molecule has 1 aliphatic rings. The number of halogens is 1. The molecule has 0 spiro atoms. The summed E-state index contributed by atoms with van der Waals surface area (Å²) in [5.74, 6) is 1.37. The molecule has 0 saturated carbocycles. The Balaban J connectivity index is 1.69. The SMILES string of the molecule is C=CCOc1c(I)cc(/C=N/N[C@@H](O)COc2ccc([C@H]3NC(=O)NC(C)=C3C(=O)OC)cc2OCC)cc1OCC. The van der Waals surface area contributed by atoms with Gasteiger partial charge in [0, 0.05) is 5.70 Å². The fourth-order valence-corrected chi connectivity index (χ4v) is 4.81. The molecule has 1 aliphatic heterocycles. The molecule has 2 atom stereocenters. The summed E-state index contributed by atoms with van der Waals surface area (Å²) in [5.41, 5.74) is 4.62. The molecule has 0 aliphatic carbocycles. The summed E-state index contributed by atoms with van der Waals surface area (Å²) < 4.78 is 28.7. The van der Waals surface area contributed by atoms with Gasteiger partial charge in [-0.2, -0.15) is 5.10 Å². The normalized spacial score (nSPS) is 15.4. The van der Waals surface area contributed by atoms with Gasteiger partial charge in [-0.25, -0.2) is 9.59 Å². The maximum atomic E-state index is 12.4. The number of carbonyl (C=O) groups is 2. The third-order valence-electron chi connectivity index (χ3n) is 5.79. The molecule has 2 amide bonds. The molecule has 3 rings (SSSR count). The van der Waals surface area contributed by atoms with Gasteiger partial charge in [0.2, 0.25) is 0 Å². The zero-order valence-corrected chi connectivity index (χ0v) is 26.0. The Morgan fingerprint density at radius 3 is 2.57 bits per heavy atom. The standard InChI is InChI=1S/C29H35IN4O8/c1-6-11-41-27-20(30)12-18(13-23(27)40-8-3)15-31-34-24(35)16-42-21-10-9-19(14-22(21)39-7-2)26-25(28(36)38-5)17(4)32-29(37)33-26/h6,9-10,12-15,24,26,34-35H,1,7-8,11,16H2,2-5H3,(H2,32,33,37)/b31-15+/t24-,26+/m0/s1.